The van der Waals surface area contributed by atoms with Gasteiger partial charge in [-0.2, -0.15) is 9.40 Å². The SMILES string of the molecule is Cc1nn(Cc2ccccc2)c(C)c1C(=O)Nc1cccc(S(=O)(=O)N2CCCCCC2)c1. The van der Waals surface area contributed by atoms with Crippen LogP contribution in [0.1, 0.15) is 53.0 Å². The summed E-state index contributed by atoms with van der Waals surface area (Å²) in [5, 5.41) is 7.42. The van der Waals surface area contributed by atoms with Crippen LogP contribution in [0.2, 0.25) is 0 Å². The number of rotatable bonds is 6. The number of nitrogens with zero attached hydrogens (tertiary/aromatic N) is 3. The molecule has 1 aromatic heterocycles. The predicted molar refractivity (Wildman–Crippen MR) is 129 cm³/mol. The van der Waals surface area contributed by atoms with Crippen molar-refractivity contribution in [3.8, 4) is 0 Å². The molecule has 1 amide bonds. The Balaban J connectivity index is 1.54. The van der Waals surface area contributed by atoms with Crippen molar-refractivity contribution in [2.24, 2.45) is 0 Å². The van der Waals surface area contributed by atoms with Crippen LogP contribution in [0.3, 0.4) is 0 Å². The summed E-state index contributed by atoms with van der Waals surface area (Å²) < 4.78 is 29.6. The first-order chi connectivity index (χ1) is 15.9. The molecule has 2 aromatic carbocycles. The van der Waals surface area contributed by atoms with Gasteiger partial charge in [0, 0.05) is 24.5 Å². The van der Waals surface area contributed by atoms with E-state index >= 15 is 0 Å². The largest absolute Gasteiger partial charge is 0.322 e. The zero-order valence-corrected chi connectivity index (χ0v) is 19.9. The molecule has 1 fully saturated rings. The molecule has 1 saturated heterocycles. The first-order valence-electron chi connectivity index (χ1n) is 11.4. The Labute approximate surface area is 195 Å². The number of benzene rings is 2. The third-order valence-electron chi connectivity index (χ3n) is 6.08. The molecular weight excluding hydrogens is 436 g/mol. The van der Waals surface area contributed by atoms with E-state index in [0.717, 1.165) is 36.9 Å². The van der Waals surface area contributed by atoms with Crippen LogP contribution in [-0.4, -0.2) is 41.5 Å². The summed E-state index contributed by atoms with van der Waals surface area (Å²) in [7, 11) is -3.59. The maximum Gasteiger partial charge on any atom is 0.259 e. The summed E-state index contributed by atoms with van der Waals surface area (Å²) in [4.78, 5) is 13.3. The van der Waals surface area contributed by atoms with Crippen molar-refractivity contribution in [1.82, 2.24) is 14.1 Å². The zero-order chi connectivity index (χ0) is 23.4. The first kappa shape index (κ1) is 23.2. The van der Waals surface area contributed by atoms with Crippen molar-refractivity contribution in [3.63, 3.8) is 0 Å². The molecule has 0 atom stereocenters. The summed E-state index contributed by atoms with van der Waals surface area (Å²) in [5.41, 5.74) is 3.45. The van der Waals surface area contributed by atoms with Gasteiger partial charge in [-0.15, -0.1) is 0 Å². The van der Waals surface area contributed by atoms with Crippen LogP contribution < -0.4 is 5.32 Å². The molecule has 0 radical (unpaired) electrons. The molecule has 7 nitrogen and oxygen atoms in total. The van der Waals surface area contributed by atoms with Gasteiger partial charge in [0.05, 0.1) is 22.7 Å². The van der Waals surface area contributed by atoms with Gasteiger partial charge in [-0.25, -0.2) is 8.42 Å². The minimum atomic E-state index is -3.59. The number of hydrogen-bond acceptors (Lipinski definition) is 4. The van der Waals surface area contributed by atoms with Crippen molar-refractivity contribution in [2.45, 2.75) is 51.0 Å². The van der Waals surface area contributed by atoms with Crippen molar-refractivity contribution >= 4 is 21.6 Å². The monoisotopic (exact) mass is 466 g/mol. The lowest BCUT2D eigenvalue weighted by Crippen LogP contribution is -2.32. The lowest BCUT2D eigenvalue weighted by atomic mass is 10.1. The summed E-state index contributed by atoms with van der Waals surface area (Å²) in [6.45, 7) is 5.34. The molecular formula is C25H30N4O3S. The molecule has 3 aromatic rings. The number of sulfonamides is 1. The average Bonchev–Trinajstić information content (AvgIpc) is 2.98. The van der Waals surface area contributed by atoms with Gasteiger partial charge in [-0.3, -0.25) is 9.48 Å². The lowest BCUT2D eigenvalue weighted by Gasteiger charge is -2.20. The van der Waals surface area contributed by atoms with Gasteiger partial charge >= 0.3 is 0 Å². The number of carbonyl (C=O) groups excluding carboxylic acids is 1. The second kappa shape index (κ2) is 9.89. The molecule has 0 spiro atoms. The summed E-state index contributed by atoms with van der Waals surface area (Å²) in [5.74, 6) is -0.298. The Kier molecular flexibility index (Phi) is 6.95. The van der Waals surface area contributed by atoms with Crippen LogP contribution in [0, 0.1) is 13.8 Å². The van der Waals surface area contributed by atoms with E-state index in [1.165, 1.54) is 6.07 Å². The molecule has 2 heterocycles. The zero-order valence-electron chi connectivity index (χ0n) is 19.1. The molecule has 4 rings (SSSR count). The highest BCUT2D eigenvalue weighted by Crippen LogP contribution is 2.24. The standard InChI is InChI=1S/C25H30N4O3S/c1-19-24(20(2)29(27-19)18-21-11-6-5-7-12-21)25(30)26-22-13-10-14-23(17-22)33(31,32)28-15-8-3-4-9-16-28/h5-7,10-14,17H,3-4,8-9,15-16,18H2,1-2H3,(H,26,30). The van der Waals surface area contributed by atoms with E-state index in [2.05, 4.69) is 10.4 Å². The number of aryl methyl sites for hydroxylation is 1. The van der Waals surface area contributed by atoms with Crippen LogP contribution in [0.15, 0.2) is 59.5 Å². The molecule has 0 unspecified atom stereocenters. The molecule has 8 heteroatoms. The molecule has 0 saturated carbocycles. The molecule has 174 valence electrons. The fourth-order valence-electron chi connectivity index (χ4n) is 4.29. The Morgan fingerprint density at radius 1 is 0.970 bits per heavy atom. The van der Waals surface area contributed by atoms with Crippen molar-refractivity contribution in [3.05, 3.63) is 77.1 Å². The number of carbonyl (C=O) groups is 1. The fourth-order valence-corrected chi connectivity index (χ4v) is 5.86. The highest BCUT2D eigenvalue weighted by Gasteiger charge is 2.26. The van der Waals surface area contributed by atoms with Crippen LogP contribution in [0.25, 0.3) is 0 Å². The van der Waals surface area contributed by atoms with E-state index in [0.29, 0.717) is 36.6 Å². The Morgan fingerprint density at radius 2 is 1.67 bits per heavy atom. The smallest absolute Gasteiger partial charge is 0.259 e. The molecule has 0 aliphatic carbocycles. The molecule has 0 bridgehead atoms. The third-order valence-corrected chi connectivity index (χ3v) is 7.97. The summed E-state index contributed by atoms with van der Waals surface area (Å²) >= 11 is 0. The normalized spacial score (nSPS) is 15.2. The summed E-state index contributed by atoms with van der Waals surface area (Å²) in [6.07, 6.45) is 3.86. The van der Waals surface area contributed by atoms with E-state index in [9.17, 15) is 13.2 Å². The highest BCUT2D eigenvalue weighted by molar-refractivity contribution is 7.89. The maximum absolute atomic E-state index is 13.1. The molecule has 1 aliphatic heterocycles. The van der Waals surface area contributed by atoms with E-state index in [-0.39, 0.29) is 10.8 Å². The Hall–Kier alpha value is -2.97. The molecule has 33 heavy (non-hydrogen) atoms. The Bertz CT molecular complexity index is 1230. The van der Waals surface area contributed by atoms with E-state index < -0.39 is 10.0 Å². The highest BCUT2D eigenvalue weighted by atomic mass is 32.2. The van der Waals surface area contributed by atoms with Gasteiger partial charge in [0.2, 0.25) is 10.0 Å². The van der Waals surface area contributed by atoms with E-state index in [4.69, 9.17) is 0 Å². The van der Waals surface area contributed by atoms with Gasteiger partial charge < -0.3 is 5.32 Å². The van der Waals surface area contributed by atoms with Gasteiger partial charge in [-0.05, 0) is 50.5 Å². The Morgan fingerprint density at radius 3 is 2.36 bits per heavy atom. The number of hydrogen-bond donors (Lipinski definition) is 1. The quantitative estimate of drug-likeness (QED) is 0.585. The van der Waals surface area contributed by atoms with Crippen LogP contribution >= 0.6 is 0 Å². The first-order valence-corrected chi connectivity index (χ1v) is 12.8. The average molecular weight is 467 g/mol. The topological polar surface area (TPSA) is 84.3 Å². The van der Waals surface area contributed by atoms with Crippen LogP contribution in [-0.2, 0) is 16.6 Å². The second-order valence-corrected chi connectivity index (χ2v) is 10.4. The number of nitrogens with one attached hydrogen (secondary N) is 1. The van der Waals surface area contributed by atoms with Crippen LogP contribution in [0.4, 0.5) is 5.69 Å². The van der Waals surface area contributed by atoms with Gasteiger partial charge in [0.1, 0.15) is 0 Å². The van der Waals surface area contributed by atoms with Crippen molar-refractivity contribution in [1.29, 1.82) is 0 Å². The molecule has 1 aliphatic rings. The molecule has 1 N–H and O–H groups in total. The predicted octanol–water partition coefficient (Wildman–Crippen LogP) is 4.37. The minimum Gasteiger partial charge on any atom is -0.322 e. The van der Waals surface area contributed by atoms with Gasteiger partial charge in [0.25, 0.3) is 5.91 Å². The second-order valence-electron chi connectivity index (χ2n) is 8.49. The lowest BCUT2D eigenvalue weighted by molar-refractivity contribution is 0.102. The fraction of sp³-hybridized carbons (Fsp3) is 0.360. The minimum absolute atomic E-state index is 0.204. The number of anilines is 1. The van der Waals surface area contributed by atoms with Crippen molar-refractivity contribution < 1.29 is 13.2 Å². The number of aromatic nitrogens is 2. The van der Waals surface area contributed by atoms with Crippen molar-refractivity contribution in [2.75, 3.05) is 18.4 Å². The van der Waals surface area contributed by atoms with Gasteiger partial charge in [0.15, 0.2) is 0 Å². The van der Waals surface area contributed by atoms with Gasteiger partial charge in [-0.1, -0.05) is 49.2 Å². The maximum atomic E-state index is 13.1. The third kappa shape index (κ3) is 5.17. The van der Waals surface area contributed by atoms with E-state index in [1.807, 2.05) is 48.9 Å². The van der Waals surface area contributed by atoms with E-state index in [1.54, 1.807) is 22.5 Å². The summed E-state index contributed by atoms with van der Waals surface area (Å²) in [6, 6.07) is 16.4. The number of amides is 1. The van der Waals surface area contributed by atoms with Crippen LogP contribution in [0.5, 0.6) is 0 Å².